The van der Waals surface area contributed by atoms with E-state index in [-0.39, 0.29) is 6.61 Å². The molecule has 1 amide bonds. The summed E-state index contributed by atoms with van der Waals surface area (Å²) >= 11 is 0. The van der Waals surface area contributed by atoms with Crippen LogP contribution in [-0.4, -0.2) is 24.5 Å². The highest BCUT2D eigenvalue weighted by Gasteiger charge is 2.22. The van der Waals surface area contributed by atoms with Gasteiger partial charge in [0.15, 0.2) is 0 Å². The van der Waals surface area contributed by atoms with Gasteiger partial charge in [0.1, 0.15) is 23.2 Å². The summed E-state index contributed by atoms with van der Waals surface area (Å²) in [5, 5.41) is 2.21. The fraction of sp³-hybridized carbons (Fsp3) is 0.429. The molecule has 0 saturated heterocycles. The smallest absolute Gasteiger partial charge is 0.328 e. The van der Waals surface area contributed by atoms with E-state index in [0.717, 1.165) is 24.6 Å². The highest BCUT2D eigenvalue weighted by atomic mass is 19.1. The monoisotopic (exact) mass is 285 g/mol. The van der Waals surface area contributed by atoms with Gasteiger partial charge in [-0.3, -0.25) is 4.79 Å². The second kappa shape index (κ2) is 7.57. The predicted octanol–water partition coefficient (Wildman–Crippen LogP) is 2.43. The Morgan fingerprint density at radius 3 is 2.45 bits per heavy atom. The van der Waals surface area contributed by atoms with E-state index in [9.17, 15) is 18.4 Å². The number of carbonyl (C=O) groups is 2. The van der Waals surface area contributed by atoms with Crippen LogP contribution in [0.3, 0.4) is 0 Å². The fourth-order valence-electron chi connectivity index (χ4n) is 1.48. The van der Waals surface area contributed by atoms with E-state index < -0.39 is 35.1 Å². The van der Waals surface area contributed by atoms with Crippen LogP contribution in [0.5, 0.6) is 0 Å². The van der Waals surface area contributed by atoms with Crippen LogP contribution in [0.25, 0.3) is 0 Å². The van der Waals surface area contributed by atoms with Crippen molar-refractivity contribution in [2.45, 2.75) is 32.7 Å². The van der Waals surface area contributed by atoms with Crippen molar-refractivity contribution in [2.24, 2.45) is 0 Å². The summed E-state index contributed by atoms with van der Waals surface area (Å²) in [5.74, 6) is -3.58. The third-order valence-corrected chi connectivity index (χ3v) is 2.63. The van der Waals surface area contributed by atoms with Gasteiger partial charge in [-0.25, -0.2) is 13.6 Å². The van der Waals surface area contributed by atoms with Gasteiger partial charge in [0.05, 0.1) is 6.61 Å². The first-order chi connectivity index (χ1) is 9.47. The first kappa shape index (κ1) is 16.1. The van der Waals surface area contributed by atoms with Gasteiger partial charge in [-0.2, -0.15) is 0 Å². The van der Waals surface area contributed by atoms with Crippen LogP contribution in [0, 0.1) is 11.6 Å². The number of halogens is 2. The normalized spacial score (nSPS) is 11.8. The molecule has 0 fully saturated rings. The number of carbonyl (C=O) groups excluding carboxylic acids is 2. The van der Waals surface area contributed by atoms with E-state index in [1.54, 1.807) is 0 Å². The molecule has 0 radical (unpaired) electrons. The first-order valence-corrected chi connectivity index (χ1v) is 6.38. The summed E-state index contributed by atoms with van der Waals surface area (Å²) in [6.45, 7) is 3.59. The molecule has 6 heteroatoms. The minimum atomic E-state index is -0.986. The Morgan fingerprint density at radius 2 is 1.90 bits per heavy atom. The van der Waals surface area contributed by atoms with E-state index >= 15 is 0 Å². The van der Waals surface area contributed by atoms with Crippen LogP contribution < -0.4 is 5.32 Å². The first-order valence-electron chi connectivity index (χ1n) is 6.38. The largest absolute Gasteiger partial charge is 0.464 e. The second-order valence-electron chi connectivity index (χ2n) is 4.31. The lowest BCUT2D eigenvalue weighted by Crippen LogP contribution is -2.40. The quantitative estimate of drug-likeness (QED) is 0.645. The molecule has 0 heterocycles. The van der Waals surface area contributed by atoms with Crippen LogP contribution in [0.2, 0.25) is 0 Å². The lowest BCUT2D eigenvalue weighted by atomic mass is 10.1. The van der Waals surface area contributed by atoms with E-state index in [1.807, 2.05) is 6.92 Å². The Labute approximate surface area is 116 Å². The van der Waals surface area contributed by atoms with Gasteiger partial charge in [-0.15, -0.1) is 0 Å². The summed E-state index contributed by atoms with van der Waals surface area (Å²) in [6.07, 6.45) is 1.59. The molecule has 0 spiro atoms. The van der Waals surface area contributed by atoms with Crippen molar-refractivity contribution in [1.82, 2.24) is 5.32 Å². The van der Waals surface area contributed by atoms with Crippen molar-refractivity contribution in [3.05, 3.63) is 35.4 Å². The minimum absolute atomic E-state index is 0.254. The molecule has 1 unspecified atom stereocenters. The standard InChI is InChI=1S/C14H17F2NO3/c1-3-4-8-20-14(19)9(2)17-13(18)12-10(15)6-5-7-11(12)16/h5-7,9H,3-4,8H2,1-2H3,(H,17,18). The Morgan fingerprint density at radius 1 is 1.30 bits per heavy atom. The average Bonchev–Trinajstić information content (AvgIpc) is 2.38. The molecule has 1 atom stereocenters. The maximum atomic E-state index is 13.4. The van der Waals surface area contributed by atoms with E-state index in [1.165, 1.54) is 6.92 Å². The molecule has 0 saturated carbocycles. The van der Waals surface area contributed by atoms with Gasteiger partial charge in [0, 0.05) is 0 Å². The topological polar surface area (TPSA) is 55.4 Å². The van der Waals surface area contributed by atoms with Gasteiger partial charge in [-0.1, -0.05) is 19.4 Å². The van der Waals surface area contributed by atoms with Gasteiger partial charge >= 0.3 is 5.97 Å². The van der Waals surface area contributed by atoms with E-state index in [4.69, 9.17) is 4.74 Å². The number of nitrogens with one attached hydrogen (secondary N) is 1. The number of hydrogen-bond acceptors (Lipinski definition) is 3. The van der Waals surface area contributed by atoms with Crippen molar-refractivity contribution in [3.8, 4) is 0 Å². The Bertz CT molecular complexity index is 471. The number of rotatable bonds is 6. The summed E-state index contributed by atoms with van der Waals surface area (Å²) in [6, 6.07) is 2.13. The van der Waals surface area contributed by atoms with Crippen molar-refractivity contribution in [3.63, 3.8) is 0 Å². The highest BCUT2D eigenvalue weighted by Crippen LogP contribution is 2.12. The highest BCUT2D eigenvalue weighted by molar-refractivity contribution is 5.97. The summed E-state index contributed by atoms with van der Waals surface area (Å²) in [4.78, 5) is 23.3. The van der Waals surface area contributed by atoms with Gasteiger partial charge < -0.3 is 10.1 Å². The Kier molecular flexibility index (Phi) is 6.09. The van der Waals surface area contributed by atoms with Crippen molar-refractivity contribution in [2.75, 3.05) is 6.61 Å². The second-order valence-corrected chi connectivity index (χ2v) is 4.31. The molecule has 1 aromatic rings. The zero-order valence-corrected chi connectivity index (χ0v) is 11.4. The number of hydrogen-bond donors (Lipinski definition) is 1. The molecule has 1 rings (SSSR count). The Hall–Kier alpha value is -1.98. The molecule has 1 aromatic carbocycles. The van der Waals surface area contributed by atoms with Gasteiger partial charge in [-0.05, 0) is 25.5 Å². The van der Waals surface area contributed by atoms with Crippen molar-refractivity contribution in [1.29, 1.82) is 0 Å². The molecule has 0 aliphatic rings. The maximum absolute atomic E-state index is 13.4. The van der Waals surface area contributed by atoms with Crippen LogP contribution in [0.4, 0.5) is 8.78 Å². The lowest BCUT2D eigenvalue weighted by Gasteiger charge is -2.13. The predicted molar refractivity (Wildman–Crippen MR) is 69.2 cm³/mol. The lowest BCUT2D eigenvalue weighted by molar-refractivity contribution is -0.145. The van der Waals surface area contributed by atoms with Crippen LogP contribution in [0.1, 0.15) is 37.0 Å². The van der Waals surface area contributed by atoms with E-state index in [2.05, 4.69) is 5.32 Å². The molecular weight excluding hydrogens is 268 g/mol. The van der Waals surface area contributed by atoms with Crippen LogP contribution >= 0.6 is 0 Å². The molecule has 1 N–H and O–H groups in total. The number of amides is 1. The number of esters is 1. The SMILES string of the molecule is CCCCOC(=O)C(C)NC(=O)c1c(F)cccc1F. The van der Waals surface area contributed by atoms with E-state index in [0.29, 0.717) is 6.42 Å². The third-order valence-electron chi connectivity index (χ3n) is 2.63. The molecular formula is C14H17F2NO3. The Balaban J connectivity index is 2.64. The molecule has 0 bridgehead atoms. The van der Waals surface area contributed by atoms with Crippen molar-refractivity contribution < 1.29 is 23.1 Å². The molecule has 0 aromatic heterocycles. The zero-order valence-electron chi connectivity index (χ0n) is 11.4. The number of ether oxygens (including phenoxy) is 1. The molecule has 110 valence electrons. The van der Waals surface area contributed by atoms with Crippen LogP contribution in [-0.2, 0) is 9.53 Å². The molecule has 4 nitrogen and oxygen atoms in total. The molecule has 0 aliphatic heterocycles. The number of benzene rings is 1. The van der Waals surface area contributed by atoms with Gasteiger partial charge in [0.25, 0.3) is 5.91 Å². The van der Waals surface area contributed by atoms with Gasteiger partial charge in [0.2, 0.25) is 0 Å². The summed E-state index contributed by atoms with van der Waals surface area (Å²) in [7, 11) is 0. The number of unbranched alkanes of at least 4 members (excludes halogenated alkanes) is 1. The summed E-state index contributed by atoms with van der Waals surface area (Å²) < 4.78 is 31.7. The third kappa shape index (κ3) is 4.29. The molecule has 20 heavy (non-hydrogen) atoms. The zero-order chi connectivity index (χ0) is 15.1. The minimum Gasteiger partial charge on any atom is -0.464 e. The summed E-state index contributed by atoms with van der Waals surface area (Å²) in [5.41, 5.74) is -0.708. The average molecular weight is 285 g/mol. The maximum Gasteiger partial charge on any atom is 0.328 e. The molecule has 0 aliphatic carbocycles. The fourth-order valence-corrected chi connectivity index (χ4v) is 1.48. The van der Waals surface area contributed by atoms with Crippen LogP contribution in [0.15, 0.2) is 18.2 Å². The van der Waals surface area contributed by atoms with Crippen molar-refractivity contribution >= 4 is 11.9 Å².